The van der Waals surface area contributed by atoms with Crippen molar-refractivity contribution in [1.29, 1.82) is 0 Å². The van der Waals surface area contributed by atoms with Gasteiger partial charge in [0, 0.05) is 12.7 Å². The minimum atomic E-state index is -2.22. The molecule has 8 heteroatoms. The van der Waals surface area contributed by atoms with Gasteiger partial charge < -0.3 is 28.1 Å². The molecule has 4 rings (SSSR count). The van der Waals surface area contributed by atoms with Crippen LogP contribution in [-0.4, -0.2) is 58.2 Å². The lowest BCUT2D eigenvalue weighted by Crippen LogP contribution is -2.68. The summed E-state index contributed by atoms with van der Waals surface area (Å²) in [6.07, 6.45) is -2.58. The summed E-state index contributed by atoms with van der Waals surface area (Å²) < 4.78 is 36.8. The lowest BCUT2D eigenvalue weighted by Gasteiger charge is -2.53. The first-order valence-corrected chi connectivity index (χ1v) is 13.4. The summed E-state index contributed by atoms with van der Waals surface area (Å²) in [6, 6.07) is 9.78. The molecule has 3 saturated heterocycles. The Hall–Kier alpha value is -1.29. The van der Waals surface area contributed by atoms with E-state index in [2.05, 4.69) is 33.9 Å². The van der Waals surface area contributed by atoms with Crippen LogP contribution in [0.5, 0.6) is 0 Å². The predicted molar refractivity (Wildman–Crippen MR) is 111 cm³/mol. The van der Waals surface area contributed by atoms with Gasteiger partial charge in [0.15, 0.2) is 20.7 Å². The second-order valence-corrected chi connectivity index (χ2v) is 14.5. The second kappa shape index (κ2) is 7.69. The fourth-order valence-corrected chi connectivity index (χ4v) is 5.33. The van der Waals surface area contributed by atoms with Gasteiger partial charge >= 0.3 is 5.97 Å². The Kier molecular flexibility index (Phi) is 5.62. The van der Waals surface area contributed by atoms with E-state index in [1.807, 2.05) is 30.3 Å². The molecule has 3 aliphatic heterocycles. The van der Waals surface area contributed by atoms with E-state index in [9.17, 15) is 4.79 Å². The second-order valence-electron chi connectivity index (χ2n) is 9.78. The lowest BCUT2D eigenvalue weighted by molar-refractivity contribution is -0.382. The highest BCUT2D eigenvalue weighted by Gasteiger charge is 2.65. The van der Waals surface area contributed by atoms with Crippen LogP contribution in [0.15, 0.2) is 30.3 Å². The maximum absolute atomic E-state index is 12.3. The molecule has 0 N–H and O–H groups in total. The molecule has 1 aromatic rings. The van der Waals surface area contributed by atoms with E-state index in [1.165, 1.54) is 7.11 Å². The first kappa shape index (κ1) is 21.9. The number of esters is 1. The summed E-state index contributed by atoms with van der Waals surface area (Å²) in [7, 11) is -0.683. The van der Waals surface area contributed by atoms with Gasteiger partial charge in [-0.25, -0.2) is 0 Å². The van der Waals surface area contributed by atoms with Crippen LogP contribution in [0, 0.1) is 0 Å². The van der Waals surface area contributed by atoms with Gasteiger partial charge in [0.05, 0.1) is 6.61 Å². The van der Waals surface area contributed by atoms with Crippen molar-refractivity contribution < 1.29 is 32.9 Å². The van der Waals surface area contributed by atoms with E-state index in [1.54, 1.807) is 0 Å². The van der Waals surface area contributed by atoms with E-state index in [0.29, 0.717) is 6.61 Å². The summed E-state index contributed by atoms with van der Waals surface area (Å²) in [5.74, 6) is -1.54. The highest BCUT2D eigenvalue weighted by Crippen LogP contribution is 2.48. The molecular formula is C22H32O7Si. The van der Waals surface area contributed by atoms with Crippen LogP contribution in [0.1, 0.15) is 39.0 Å². The van der Waals surface area contributed by atoms with Gasteiger partial charge in [0.25, 0.3) is 0 Å². The van der Waals surface area contributed by atoms with Crippen molar-refractivity contribution in [2.45, 2.75) is 81.8 Å². The minimum absolute atomic E-state index is 0.0247. The smallest absolute Gasteiger partial charge is 0.312 e. The van der Waals surface area contributed by atoms with Gasteiger partial charge in [-0.1, -0.05) is 51.1 Å². The third kappa shape index (κ3) is 3.74. The summed E-state index contributed by atoms with van der Waals surface area (Å²) in [4.78, 5) is 12.3. The normalized spacial score (nSPS) is 36.7. The van der Waals surface area contributed by atoms with Crippen molar-refractivity contribution in [3.63, 3.8) is 0 Å². The number of hydrogen-bond acceptors (Lipinski definition) is 7. The number of benzene rings is 1. The number of fused-ring (bicyclic) bond motifs is 2. The predicted octanol–water partition coefficient (Wildman–Crippen LogP) is 3.55. The Bertz CT molecular complexity index is 777. The topological polar surface area (TPSA) is 72.5 Å². The highest BCUT2D eigenvalue weighted by molar-refractivity contribution is 6.74. The molecule has 0 aromatic heterocycles. The summed E-state index contributed by atoms with van der Waals surface area (Å²) in [6.45, 7) is 11.2. The number of rotatable bonds is 4. The first-order chi connectivity index (χ1) is 14.1. The molecule has 6 atom stereocenters. The fraction of sp³-hybridized carbons (Fsp3) is 0.682. The summed E-state index contributed by atoms with van der Waals surface area (Å²) in [5, 5.41) is -0.0247. The average molecular weight is 437 g/mol. The molecule has 3 fully saturated rings. The van der Waals surface area contributed by atoms with Gasteiger partial charge in [0.1, 0.15) is 24.7 Å². The molecule has 0 aliphatic carbocycles. The third-order valence-corrected chi connectivity index (χ3v) is 11.2. The standard InChI is InChI=1S/C22H32O7Si/c1-21(2,3)30(5,6)29-18-17-15(28-22(24-4)12-16(23)26-19(18)22)13-25-20(27-17)14-10-8-7-9-11-14/h7-11,15,17-20H,12-13H2,1-6H3/t15-,17-,18+,19-,20-,22-/m1/s1. The van der Waals surface area contributed by atoms with Gasteiger partial charge in [-0.15, -0.1) is 0 Å². The van der Waals surface area contributed by atoms with Gasteiger partial charge in [-0.2, -0.15) is 0 Å². The molecule has 3 heterocycles. The van der Waals surface area contributed by atoms with E-state index < -0.39 is 44.8 Å². The number of hydrogen-bond donors (Lipinski definition) is 0. The van der Waals surface area contributed by atoms with Crippen LogP contribution < -0.4 is 0 Å². The molecule has 0 spiro atoms. The van der Waals surface area contributed by atoms with Crippen molar-refractivity contribution in [3.8, 4) is 0 Å². The maximum atomic E-state index is 12.3. The Morgan fingerprint density at radius 3 is 2.50 bits per heavy atom. The molecule has 0 radical (unpaired) electrons. The van der Waals surface area contributed by atoms with E-state index in [0.717, 1.165) is 5.56 Å². The SMILES string of the molecule is CO[C@@]12CC(=O)O[C@@H]1[C@@H](O[Si](C)(C)C(C)(C)C)[C@@H]1O[C@H](c3ccccc3)OC[C@H]1O2. The molecule has 0 amide bonds. The molecule has 3 aliphatic rings. The third-order valence-electron chi connectivity index (χ3n) is 6.77. The van der Waals surface area contributed by atoms with Crippen LogP contribution in [0.25, 0.3) is 0 Å². The Morgan fingerprint density at radius 1 is 1.17 bits per heavy atom. The number of carbonyl (C=O) groups excluding carboxylic acids is 1. The van der Waals surface area contributed by atoms with Crippen LogP contribution in [0.2, 0.25) is 18.1 Å². The average Bonchev–Trinajstić information content (AvgIpc) is 3.03. The zero-order chi connectivity index (χ0) is 21.7. The lowest BCUT2D eigenvalue weighted by atomic mass is 9.91. The molecule has 30 heavy (non-hydrogen) atoms. The van der Waals surface area contributed by atoms with Crippen molar-refractivity contribution in [3.05, 3.63) is 35.9 Å². The van der Waals surface area contributed by atoms with Crippen LogP contribution >= 0.6 is 0 Å². The largest absolute Gasteiger partial charge is 0.454 e. The molecule has 166 valence electrons. The van der Waals surface area contributed by atoms with Crippen molar-refractivity contribution >= 4 is 14.3 Å². The number of ether oxygens (including phenoxy) is 5. The van der Waals surface area contributed by atoms with Crippen LogP contribution in [0.4, 0.5) is 0 Å². The van der Waals surface area contributed by atoms with E-state index in [4.69, 9.17) is 28.1 Å². The Morgan fingerprint density at radius 2 is 1.87 bits per heavy atom. The summed E-state index contributed by atoms with van der Waals surface area (Å²) >= 11 is 0. The van der Waals surface area contributed by atoms with E-state index in [-0.39, 0.29) is 17.4 Å². The molecule has 0 unspecified atom stereocenters. The molecule has 0 saturated carbocycles. The number of carbonyl (C=O) groups is 1. The molecule has 0 bridgehead atoms. The zero-order valence-corrected chi connectivity index (χ0v) is 19.5. The molecule has 7 nitrogen and oxygen atoms in total. The van der Waals surface area contributed by atoms with Gasteiger partial charge in [-0.05, 0) is 18.1 Å². The number of methoxy groups -OCH3 is 1. The van der Waals surface area contributed by atoms with Crippen molar-refractivity contribution in [1.82, 2.24) is 0 Å². The van der Waals surface area contributed by atoms with Crippen LogP contribution in [-0.2, 0) is 32.9 Å². The Labute approximate surface area is 179 Å². The molecule has 1 aromatic carbocycles. The van der Waals surface area contributed by atoms with Crippen LogP contribution in [0.3, 0.4) is 0 Å². The van der Waals surface area contributed by atoms with Gasteiger partial charge in [-0.3, -0.25) is 4.79 Å². The van der Waals surface area contributed by atoms with E-state index >= 15 is 0 Å². The highest BCUT2D eigenvalue weighted by atomic mass is 28.4. The quantitative estimate of drug-likeness (QED) is 0.528. The molecular weight excluding hydrogens is 404 g/mol. The van der Waals surface area contributed by atoms with Gasteiger partial charge in [0.2, 0.25) is 5.79 Å². The summed E-state index contributed by atoms with van der Waals surface area (Å²) in [5.41, 5.74) is 0.925. The fourth-order valence-electron chi connectivity index (χ4n) is 4.03. The Balaban J connectivity index is 1.68. The monoisotopic (exact) mass is 436 g/mol. The maximum Gasteiger partial charge on any atom is 0.312 e. The first-order valence-electron chi connectivity index (χ1n) is 10.5. The van der Waals surface area contributed by atoms with Crippen molar-refractivity contribution in [2.24, 2.45) is 0 Å². The minimum Gasteiger partial charge on any atom is -0.454 e. The zero-order valence-electron chi connectivity index (χ0n) is 18.5. The van der Waals surface area contributed by atoms with Crippen molar-refractivity contribution in [2.75, 3.05) is 13.7 Å².